The normalized spacial score (nSPS) is 21.6. The Balaban J connectivity index is 1.60. The van der Waals surface area contributed by atoms with Crippen LogP contribution in [0.3, 0.4) is 0 Å². The first kappa shape index (κ1) is 22.1. The highest BCUT2D eigenvalue weighted by Gasteiger charge is 2.35. The highest BCUT2D eigenvalue weighted by Crippen LogP contribution is 2.24. The van der Waals surface area contributed by atoms with Crippen LogP contribution in [0.25, 0.3) is 0 Å². The molecule has 1 unspecified atom stereocenters. The van der Waals surface area contributed by atoms with Crippen LogP contribution in [0, 0.1) is 0 Å². The molecule has 8 nitrogen and oxygen atoms in total. The van der Waals surface area contributed by atoms with Crippen LogP contribution in [0.2, 0.25) is 0 Å². The second-order valence-corrected chi connectivity index (χ2v) is 9.98. The number of ether oxygens (including phenoxy) is 1. The zero-order valence-electron chi connectivity index (χ0n) is 17.4. The third-order valence-corrected chi connectivity index (χ3v) is 7.19. The molecule has 2 aliphatic heterocycles. The molecular weight excluding hydrogens is 392 g/mol. The lowest BCUT2D eigenvalue weighted by Crippen LogP contribution is -2.50. The molecule has 9 heteroatoms. The summed E-state index contributed by atoms with van der Waals surface area (Å²) in [6.45, 7) is 3.93. The predicted octanol–water partition coefficient (Wildman–Crippen LogP) is 0.597. The van der Waals surface area contributed by atoms with Gasteiger partial charge in [-0.2, -0.15) is 0 Å². The first-order valence-corrected chi connectivity index (χ1v) is 12.1. The molecule has 162 valence electrons. The minimum Gasteiger partial charge on any atom is -0.381 e. The predicted molar refractivity (Wildman–Crippen MR) is 111 cm³/mol. The summed E-state index contributed by atoms with van der Waals surface area (Å²) in [6, 6.07) is 4.30. The number of hydrogen-bond donors (Lipinski definition) is 0. The average molecular weight is 425 g/mol. The molecule has 1 amide bonds. The van der Waals surface area contributed by atoms with Gasteiger partial charge in [0.1, 0.15) is 0 Å². The van der Waals surface area contributed by atoms with Gasteiger partial charge >= 0.3 is 0 Å². The van der Waals surface area contributed by atoms with E-state index >= 15 is 0 Å². The van der Waals surface area contributed by atoms with Crippen molar-refractivity contribution in [3.05, 3.63) is 30.1 Å². The van der Waals surface area contributed by atoms with Crippen LogP contribution in [0.15, 0.2) is 24.5 Å². The van der Waals surface area contributed by atoms with E-state index in [2.05, 4.69) is 9.88 Å². The molecule has 2 saturated heterocycles. The van der Waals surface area contributed by atoms with Gasteiger partial charge in [0.05, 0.1) is 12.7 Å². The van der Waals surface area contributed by atoms with Crippen LogP contribution in [0.5, 0.6) is 0 Å². The van der Waals surface area contributed by atoms with Gasteiger partial charge in [0.2, 0.25) is 15.9 Å². The second-order valence-electron chi connectivity index (χ2n) is 8.00. The Labute approximate surface area is 173 Å². The summed E-state index contributed by atoms with van der Waals surface area (Å²) in [5, 5.41) is 0. The standard InChI is InChI=1S/C20H32N4O4S/c1-22(20(25)14-17-4-3-8-21-15-17)10-11-24(18-6-12-28-13-7-18)19-5-9-23(16-19)29(2,26)27/h3-4,8,15,18-19H,5-7,9-14,16H2,1-2H3. The van der Waals surface area contributed by atoms with Crippen LogP contribution >= 0.6 is 0 Å². The minimum atomic E-state index is -3.17. The van der Waals surface area contributed by atoms with Crippen LogP contribution in [0.1, 0.15) is 24.8 Å². The molecule has 1 atom stereocenters. The van der Waals surface area contributed by atoms with Gasteiger partial charge < -0.3 is 9.64 Å². The minimum absolute atomic E-state index is 0.0640. The van der Waals surface area contributed by atoms with Gasteiger partial charge in [0, 0.05) is 70.9 Å². The van der Waals surface area contributed by atoms with E-state index in [4.69, 9.17) is 4.74 Å². The quantitative estimate of drug-likeness (QED) is 0.608. The fraction of sp³-hybridized carbons (Fsp3) is 0.700. The lowest BCUT2D eigenvalue weighted by molar-refractivity contribution is -0.129. The van der Waals surface area contributed by atoms with Crippen molar-refractivity contribution in [3.8, 4) is 0 Å². The fourth-order valence-corrected chi connectivity index (χ4v) is 5.05. The number of hydrogen-bond acceptors (Lipinski definition) is 6. The van der Waals surface area contributed by atoms with E-state index in [1.54, 1.807) is 21.6 Å². The Hall–Kier alpha value is -1.55. The molecule has 3 heterocycles. The number of likely N-dealkylation sites (N-methyl/N-ethyl adjacent to an activating group) is 1. The summed E-state index contributed by atoms with van der Waals surface area (Å²) in [4.78, 5) is 20.8. The van der Waals surface area contributed by atoms with Gasteiger partial charge in [-0.05, 0) is 30.9 Å². The smallest absolute Gasteiger partial charge is 0.226 e. The monoisotopic (exact) mass is 424 g/mol. The lowest BCUT2D eigenvalue weighted by atomic mass is 10.0. The second kappa shape index (κ2) is 9.97. The van der Waals surface area contributed by atoms with Crippen molar-refractivity contribution in [2.24, 2.45) is 0 Å². The van der Waals surface area contributed by atoms with Crippen LogP contribution < -0.4 is 0 Å². The summed E-state index contributed by atoms with van der Waals surface area (Å²) in [5.74, 6) is 0.0640. The third-order valence-electron chi connectivity index (χ3n) is 5.92. The molecule has 0 N–H and O–H groups in total. The molecule has 2 aliphatic rings. The van der Waals surface area contributed by atoms with Gasteiger partial charge in [0.25, 0.3) is 0 Å². The number of carbonyl (C=O) groups excluding carboxylic acids is 1. The Morgan fingerprint density at radius 1 is 1.24 bits per heavy atom. The Morgan fingerprint density at radius 3 is 2.62 bits per heavy atom. The molecular formula is C20H32N4O4S. The molecule has 29 heavy (non-hydrogen) atoms. The van der Waals surface area contributed by atoms with E-state index in [1.165, 1.54) is 6.26 Å². The van der Waals surface area contributed by atoms with E-state index in [0.717, 1.165) is 44.6 Å². The molecule has 3 rings (SSSR count). The van der Waals surface area contributed by atoms with Crippen molar-refractivity contribution in [2.75, 3.05) is 52.7 Å². The largest absolute Gasteiger partial charge is 0.381 e. The Morgan fingerprint density at radius 2 is 2.00 bits per heavy atom. The molecule has 0 bridgehead atoms. The summed E-state index contributed by atoms with van der Waals surface area (Å²) < 4.78 is 31.0. The third kappa shape index (κ3) is 6.21. The van der Waals surface area contributed by atoms with Crippen molar-refractivity contribution in [1.29, 1.82) is 0 Å². The molecule has 1 aromatic rings. The molecule has 0 saturated carbocycles. The van der Waals surface area contributed by atoms with E-state index in [1.807, 2.05) is 19.2 Å². The van der Waals surface area contributed by atoms with Gasteiger partial charge in [-0.15, -0.1) is 0 Å². The topological polar surface area (TPSA) is 83.0 Å². The van der Waals surface area contributed by atoms with Crippen molar-refractivity contribution in [2.45, 2.75) is 37.8 Å². The summed E-state index contributed by atoms with van der Waals surface area (Å²) in [6.07, 6.45) is 7.76. The fourth-order valence-electron chi connectivity index (χ4n) is 4.17. The van der Waals surface area contributed by atoms with Crippen molar-refractivity contribution in [3.63, 3.8) is 0 Å². The van der Waals surface area contributed by atoms with E-state index in [-0.39, 0.29) is 11.9 Å². The number of nitrogens with zero attached hydrogens (tertiary/aromatic N) is 4. The molecule has 0 aromatic carbocycles. The number of rotatable bonds is 8. The Kier molecular flexibility index (Phi) is 7.61. The first-order chi connectivity index (χ1) is 13.8. The van der Waals surface area contributed by atoms with Gasteiger partial charge in [0.15, 0.2) is 0 Å². The van der Waals surface area contributed by atoms with Crippen LogP contribution in [-0.4, -0.2) is 98.2 Å². The van der Waals surface area contributed by atoms with Crippen LogP contribution in [0.4, 0.5) is 0 Å². The molecule has 1 aromatic heterocycles. The number of sulfonamides is 1. The maximum absolute atomic E-state index is 12.6. The van der Waals surface area contributed by atoms with Crippen LogP contribution in [-0.2, 0) is 26.0 Å². The average Bonchev–Trinajstić information content (AvgIpc) is 3.20. The SMILES string of the molecule is CN(CCN(C1CCOCC1)C1CCN(S(C)(=O)=O)C1)C(=O)Cc1cccnc1. The van der Waals surface area contributed by atoms with Crippen molar-refractivity contribution < 1.29 is 17.9 Å². The van der Waals surface area contributed by atoms with Gasteiger partial charge in [-0.1, -0.05) is 6.07 Å². The number of aromatic nitrogens is 1. The molecule has 0 spiro atoms. The highest BCUT2D eigenvalue weighted by molar-refractivity contribution is 7.88. The summed E-state index contributed by atoms with van der Waals surface area (Å²) in [7, 11) is -1.34. The first-order valence-electron chi connectivity index (χ1n) is 10.3. The number of carbonyl (C=O) groups is 1. The lowest BCUT2D eigenvalue weighted by Gasteiger charge is -2.39. The van der Waals surface area contributed by atoms with E-state index in [0.29, 0.717) is 32.1 Å². The molecule has 2 fully saturated rings. The van der Waals surface area contributed by atoms with Gasteiger partial charge in [-0.3, -0.25) is 14.7 Å². The maximum Gasteiger partial charge on any atom is 0.226 e. The van der Waals surface area contributed by atoms with E-state index in [9.17, 15) is 13.2 Å². The van der Waals surface area contributed by atoms with Crippen molar-refractivity contribution >= 4 is 15.9 Å². The van der Waals surface area contributed by atoms with Gasteiger partial charge in [-0.25, -0.2) is 12.7 Å². The van der Waals surface area contributed by atoms with E-state index < -0.39 is 10.0 Å². The summed E-state index contributed by atoms with van der Waals surface area (Å²) >= 11 is 0. The Bertz CT molecular complexity index is 768. The zero-order chi connectivity index (χ0) is 20.9. The molecule has 0 radical (unpaired) electrons. The zero-order valence-corrected chi connectivity index (χ0v) is 18.2. The maximum atomic E-state index is 12.6. The number of amides is 1. The summed E-state index contributed by atoms with van der Waals surface area (Å²) in [5.41, 5.74) is 0.908. The highest BCUT2D eigenvalue weighted by atomic mass is 32.2. The molecule has 0 aliphatic carbocycles. The number of pyridine rings is 1. The van der Waals surface area contributed by atoms with Crippen molar-refractivity contribution in [1.82, 2.24) is 19.1 Å².